The zero-order valence-corrected chi connectivity index (χ0v) is 17.8. The Hall–Kier alpha value is -1.50. The number of aliphatic hydroxyl groups excluding tert-OH is 7. The van der Waals surface area contributed by atoms with Gasteiger partial charge >= 0.3 is 0 Å². The normalized spacial score (nSPS) is 39.2. The van der Waals surface area contributed by atoms with Crippen LogP contribution >= 0.6 is 0 Å². The minimum atomic E-state index is -1.76. The van der Waals surface area contributed by atoms with E-state index in [1.165, 1.54) is 0 Å². The van der Waals surface area contributed by atoms with Gasteiger partial charge < -0.3 is 55.3 Å². The lowest BCUT2D eigenvalue weighted by Crippen LogP contribution is -2.65. The summed E-state index contributed by atoms with van der Waals surface area (Å²) in [6.07, 6.45) is -14.7. The molecule has 0 saturated carbocycles. The van der Waals surface area contributed by atoms with Gasteiger partial charge in [-0.15, -0.1) is 0 Å². The monoisotopic (exact) mass is 483 g/mol. The molecule has 0 spiro atoms. The molecule has 33 heavy (non-hydrogen) atoms. The molecule has 0 aromatic carbocycles. The van der Waals surface area contributed by atoms with E-state index < -0.39 is 86.3 Å². The first-order chi connectivity index (χ1) is 15.6. The van der Waals surface area contributed by atoms with Gasteiger partial charge in [-0.3, -0.25) is 15.0 Å². The molecule has 2 aliphatic rings. The number of aliphatic hydroxyl groups is 7. The van der Waals surface area contributed by atoms with Gasteiger partial charge in [0.2, 0.25) is 11.8 Å². The zero-order valence-electron chi connectivity index (χ0n) is 17.8. The van der Waals surface area contributed by atoms with Crippen LogP contribution in [0.15, 0.2) is 0 Å². The quantitative estimate of drug-likeness (QED) is 0.0789. The lowest BCUT2D eigenvalue weighted by atomic mass is 9.94. The average molecular weight is 483 g/mol. The summed E-state index contributed by atoms with van der Waals surface area (Å²) in [5.41, 5.74) is 1.94. The molecule has 4 unspecified atom stereocenters. The van der Waals surface area contributed by atoms with E-state index in [0.717, 1.165) is 0 Å². The predicted molar refractivity (Wildman–Crippen MR) is 106 cm³/mol. The van der Waals surface area contributed by atoms with Crippen LogP contribution in [0.25, 0.3) is 0 Å². The minimum absolute atomic E-state index is 0.00502. The molecule has 2 aliphatic heterocycles. The first kappa shape index (κ1) is 27.7. The van der Waals surface area contributed by atoms with E-state index in [9.17, 15) is 45.3 Å². The molecule has 2 saturated heterocycles. The van der Waals surface area contributed by atoms with Crippen LogP contribution in [0.4, 0.5) is 0 Å². The molecule has 0 aliphatic carbocycles. The Morgan fingerprint density at radius 3 is 2.00 bits per heavy atom. The number of nitrogens with one attached hydrogen (secondary N) is 2. The third kappa shape index (κ3) is 7.00. The molecule has 10 atom stereocenters. The van der Waals surface area contributed by atoms with Crippen LogP contribution in [0.1, 0.15) is 19.3 Å². The van der Waals surface area contributed by atoms with Crippen molar-refractivity contribution >= 4 is 11.8 Å². The van der Waals surface area contributed by atoms with Crippen molar-refractivity contribution in [3.8, 4) is 0 Å². The van der Waals surface area contributed by atoms with Crippen molar-refractivity contribution in [1.29, 1.82) is 0 Å². The Kier molecular flexibility index (Phi) is 10.8. The molecule has 2 fully saturated rings. The Balaban J connectivity index is 1.94. The molecule has 0 radical (unpaired) electrons. The molecular weight excluding hydrogens is 450 g/mol. The van der Waals surface area contributed by atoms with E-state index in [1.807, 2.05) is 5.43 Å². The van der Waals surface area contributed by atoms with Crippen LogP contribution < -0.4 is 16.6 Å². The van der Waals surface area contributed by atoms with Crippen molar-refractivity contribution in [2.45, 2.75) is 80.5 Å². The van der Waals surface area contributed by atoms with Gasteiger partial charge in [-0.05, 0) is 6.42 Å². The van der Waals surface area contributed by atoms with E-state index in [0.29, 0.717) is 0 Å². The standard InChI is InChI=1S/C18H33N3O12/c19-21-11(25)3-1-2-10(24)20-4-7-12(26)15(29)17(9(6-23)31-7)33-18-16(30)14(28)13(27)8(5-22)32-18/h7-9,12-18,22-23,26-30H,1-6,19H2,(H,20,24)(H,21,25)/t7-,8?,9?,12?,13-,14-,15+,16-,17+,18?/m0/s1. The Labute approximate surface area is 189 Å². The number of hydrogen-bond acceptors (Lipinski definition) is 13. The number of amides is 2. The number of rotatable bonds is 10. The highest BCUT2D eigenvalue weighted by Crippen LogP contribution is 2.29. The molecule has 192 valence electrons. The maximum absolute atomic E-state index is 11.9. The minimum Gasteiger partial charge on any atom is -0.394 e. The van der Waals surface area contributed by atoms with Crippen LogP contribution in [0, 0.1) is 0 Å². The van der Waals surface area contributed by atoms with Gasteiger partial charge in [0.15, 0.2) is 6.29 Å². The molecule has 2 heterocycles. The molecule has 0 aromatic rings. The summed E-state index contributed by atoms with van der Waals surface area (Å²) in [5, 5.41) is 72.2. The topological polar surface area (TPSA) is 254 Å². The second-order valence-corrected chi connectivity index (χ2v) is 7.90. The lowest BCUT2D eigenvalue weighted by Gasteiger charge is -2.46. The number of carbonyl (C=O) groups is 2. The maximum atomic E-state index is 11.9. The van der Waals surface area contributed by atoms with Crippen LogP contribution in [-0.4, -0.2) is 129 Å². The van der Waals surface area contributed by atoms with Crippen molar-refractivity contribution in [1.82, 2.24) is 10.7 Å². The summed E-state index contributed by atoms with van der Waals surface area (Å²) >= 11 is 0. The summed E-state index contributed by atoms with van der Waals surface area (Å²) in [7, 11) is 0. The van der Waals surface area contributed by atoms with Gasteiger partial charge in [0.05, 0.1) is 13.2 Å². The van der Waals surface area contributed by atoms with Crippen molar-refractivity contribution in [3.63, 3.8) is 0 Å². The highest BCUT2D eigenvalue weighted by atomic mass is 16.7. The predicted octanol–water partition coefficient (Wildman–Crippen LogP) is -6.07. The SMILES string of the molecule is NNC(=O)CCCC(=O)NC[C@@H]1OC(CO)[C@@H](OC2OC(CO)[C@H](O)[C@H](O)[C@@H]2O)[C@H](O)C1O. The number of carbonyl (C=O) groups excluding carboxylic acids is 2. The maximum Gasteiger partial charge on any atom is 0.233 e. The number of hydrazine groups is 1. The van der Waals surface area contributed by atoms with E-state index >= 15 is 0 Å². The molecule has 11 N–H and O–H groups in total. The van der Waals surface area contributed by atoms with Gasteiger partial charge in [-0.25, -0.2) is 5.84 Å². The lowest BCUT2D eigenvalue weighted by molar-refractivity contribution is -0.341. The summed E-state index contributed by atoms with van der Waals surface area (Å²) in [5.74, 6) is 4.09. The van der Waals surface area contributed by atoms with E-state index in [4.69, 9.17) is 20.1 Å². The number of nitrogens with two attached hydrogens (primary N) is 1. The van der Waals surface area contributed by atoms with Crippen molar-refractivity contribution in [2.75, 3.05) is 19.8 Å². The third-order valence-corrected chi connectivity index (χ3v) is 5.57. The molecule has 2 rings (SSSR count). The first-order valence-corrected chi connectivity index (χ1v) is 10.5. The molecule has 2 amide bonds. The Morgan fingerprint density at radius 1 is 0.788 bits per heavy atom. The van der Waals surface area contributed by atoms with E-state index in [1.54, 1.807) is 0 Å². The fourth-order valence-electron chi connectivity index (χ4n) is 3.62. The average Bonchev–Trinajstić information content (AvgIpc) is 2.81. The highest BCUT2D eigenvalue weighted by Gasteiger charge is 2.50. The van der Waals surface area contributed by atoms with E-state index in [-0.39, 0.29) is 25.8 Å². The molecule has 0 aromatic heterocycles. The fraction of sp³-hybridized carbons (Fsp3) is 0.889. The molecule has 15 nitrogen and oxygen atoms in total. The highest BCUT2D eigenvalue weighted by molar-refractivity contribution is 5.78. The summed E-state index contributed by atoms with van der Waals surface area (Å²) in [6.45, 7) is -1.59. The third-order valence-electron chi connectivity index (χ3n) is 5.57. The van der Waals surface area contributed by atoms with Gasteiger partial charge in [0.25, 0.3) is 0 Å². The van der Waals surface area contributed by atoms with Gasteiger partial charge in [-0.1, -0.05) is 0 Å². The second kappa shape index (κ2) is 12.8. The Morgan fingerprint density at radius 2 is 1.39 bits per heavy atom. The van der Waals surface area contributed by atoms with Crippen LogP contribution in [-0.2, 0) is 23.8 Å². The molecular formula is C18H33N3O12. The van der Waals surface area contributed by atoms with Crippen LogP contribution in [0.2, 0.25) is 0 Å². The van der Waals surface area contributed by atoms with E-state index in [2.05, 4.69) is 5.32 Å². The summed E-state index contributed by atoms with van der Waals surface area (Å²) in [4.78, 5) is 23.0. The molecule has 15 heteroatoms. The number of ether oxygens (including phenoxy) is 3. The van der Waals surface area contributed by atoms with Gasteiger partial charge in [0, 0.05) is 19.4 Å². The summed E-state index contributed by atoms with van der Waals surface area (Å²) in [6, 6.07) is 0. The van der Waals surface area contributed by atoms with Crippen LogP contribution in [0.5, 0.6) is 0 Å². The summed E-state index contributed by atoms with van der Waals surface area (Å²) < 4.78 is 16.2. The fourth-order valence-corrected chi connectivity index (χ4v) is 3.62. The van der Waals surface area contributed by atoms with Gasteiger partial charge in [0.1, 0.15) is 54.9 Å². The van der Waals surface area contributed by atoms with Crippen molar-refractivity contribution < 1.29 is 59.5 Å². The Bertz CT molecular complexity index is 639. The second-order valence-electron chi connectivity index (χ2n) is 7.90. The van der Waals surface area contributed by atoms with Crippen molar-refractivity contribution in [3.05, 3.63) is 0 Å². The smallest absolute Gasteiger partial charge is 0.233 e. The van der Waals surface area contributed by atoms with Crippen LogP contribution in [0.3, 0.4) is 0 Å². The first-order valence-electron chi connectivity index (χ1n) is 10.5. The van der Waals surface area contributed by atoms with Crippen molar-refractivity contribution in [2.24, 2.45) is 5.84 Å². The van der Waals surface area contributed by atoms with Gasteiger partial charge in [-0.2, -0.15) is 0 Å². The zero-order chi connectivity index (χ0) is 24.7. The largest absolute Gasteiger partial charge is 0.394 e. The number of hydrogen-bond donors (Lipinski definition) is 10. The molecule has 0 bridgehead atoms.